The van der Waals surface area contributed by atoms with Crippen LogP contribution >= 0.6 is 11.6 Å². The van der Waals surface area contributed by atoms with Crippen LogP contribution < -0.4 is 4.74 Å². The van der Waals surface area contributed by atoms with E-state index in [1.54, 1.807) is 24.1 Å². The number of benzene rings is 1. The lowest BCUT2D eigenvalue weighted by molar-refractivity contribution is 0.398. The van der Waals surface area contributed by atoms with Gasteiger partial charge in [0.25, 0.3) is 0 Å². The van der Waals surface area contributed by atoms with E-state index >= 15 is 0 Å². The molecule has 0 spiro atoms. The van der Waals surface area contributed by atoms with Gasteiger partial charge in [-0.2, -0.15) is 4.98 Å². The normalized spacial score (nSPS) is 10.8. The van der Waals surface area contributed by atoms with Crippen LogP contribution in [0.5, 0.6) is 5.88 Å². The van der Waals surface area contributed by atoms with Crippen LogP contribution in [0.15, 0.2) is 36.5 Å². The molecule has 0 bridgehead atoms. The molecule has 2 heterocycles. The van der Waals surface area contributed by atoms with E-state index in [0.29, 0.717) is 11.7 Å². The smallest absolute Gasteiger partial charge is 0.241 e. The fourth-order valence-electron chi connectivity index (χ4n) is 1.81. The first-order valence-corrected chi connectivity index (χ1v) is 5.68. The van der Waals surface area contributed by atoms with Gasteiger partial charge in [0.1, 0.15) is 0 Å². The number of aromatic nitrogens is 4. The third kappa shape index (κ3) is 1.69. The monoisotopic (exact) mass is 260 g/mol. The summed E-state index contributed by atoms with van der Waals surface area (Å²) < 4.78 is 6.93. The van der Waals surface area contributed by atoms with E-state index in [2.05, 4.69) is 15.1 Å². The Balaban J connectivity index is 2.29. The van der Waals surface area contributed by atoms with E-state index in [1.807, 2.05) is 24.3 Å². The van der Waals surface area contributed by atoms with Gasteiger partial charge in [-0.25, -0.2) is 9.67 Å². The van der Waals surface area contributed by atoms with Crippen molar-refractivity contribution in [3.05, 3.63) is 41.8 Å². The van der Waals surface area contributed by atoms with Crippen LogP contribution in [0.25, 0.3) is 16.7 Å². The van der Waals surface area contributed by atoms with Gasteiger partial charge < -0.3 is 4.74 Å². The van der Waals surface area contributed by atoms with E-state index in [-0.39, 0.29) is 5.28 Å². The molecular formula is C12H9ClN4O. The van der Waals surface area contributed by atoms with E-state index in [0.717, 1.165) is 10.9 Å². The maximum Gasteiger partial charge on any atom is 0.241 e. The molecule has 3 rings (SSSR count). The number of fused-ring (bicyclic) bond motifs is 1. The minimum absolute atomic E-state index is 0.186. The lowest BCUT2D eigenvalue weighted by atomic mass is 10.2. The van der Waals surface area contributed by atoms with Crippen molar-refractivity contribution in [1.82, 2.24) is 19.7 Å². The maximum atomic E-state index is 5.79. The molecule has 0 aliphatic rings. The van der Waals surface area contributed by atoms with Crippen LogP contribution in [0.4, 0.5) is 0 Å². The average molecular weight is 261 g/mol. The number of halogens is 1. The zero-order valence-corrected chi connectivity index (χ0v) is 10.3. The zero-order valence-electron chi connectivity index (χ0n) is 9.54. The Kier molecular flexibility index (Phi) is 2.60. The molecule has 0 amide bonds. The number of para-hydroxylation sites is 1. The minimum atomic E-state index is 0.186. The highest BCUT2D eigenvalue weighted by molar-refractivity contribution is 6.28. The fourth-order valence-corrected chi connectivity index (χ4v) is 1.95. The minimum Gasteiger partial charge on any atom is -0.479 e. The second kappa shape index (κ2) is 4.27. The standard InChI is InChI=1S/C12H9ClN4O/c1-18-11-8-4-2-3-5-9(8)17(16-11)10-6-7-14-12(13)15-10/h2-7H,1H3. The molecular weight excluding hydrogens is 252 g/mol. The molecule has 3 aromatic rings. The van der Waals surface area contributed by atoms with Crippen molar-refractivity contribution >= 4 is 22.5 Å². The number of hydrogen-bond acceptors (Lipinski definition) is 4. The first kappa shape index (κ1) is 11.0. The molecule has 0 atom stereocenters. The molecule has 2 aromatic heterocycles. The van der Waals surface area contributed by atoms with E-state index in [4.69, 9.17) is 16.3 Å². The maximum absolute atomic E-state index is 5.79. The molecule has 90 valence electrons. The third-order valence-corrected chi connectivity index (χ3v) is 2.76. The van der Waals surface area contributed by atoms with Crippen molar-refractivity contribution in [2.75, 3.05) is 7.11 Å². The number of methoxy groups -OCH3 is 1. The summed E-state index contributed by atoms with van der Waals surface area (Å²) in [5, 5.41) is 5.48. The molecule has 0 aliphatic heterocycles. The highest BCUT2D eigenvalue weighted by Crippen LogP contribution is 2.26. The van der Waals surface area contributed by atoms with Gasteiger partial charge in [-0.15, -0.1) is 5.10 Å². The molecule has 18 heavy (non-hydrogen) atoms. The van der Waals surface area contributed by atoms with Crippen LogP contribution in [-0.2, 0) is 0 Å². The Morgan fingerprint density at radius 1 is 1.22 bits per heavy atom. The Bertz CT molecular complexity index is 710. The van der Waals surface area contributed by atoms with Crippen molar-refractivity contribution in [3.63, 3.8) is 0 Å². The molecule has 0 unspecified atom stereocenters. The Labute approximate surface area is 108 Å². The lowest BCUT2D eigenvalue weighted by Gasteiger charge is -2.01. The van der Waals surface area contributed by atoms with E-state index in [9.17, 15) is 0 Å². The van der Waals surface area contributed by atoms with Crippen LogP contribution in [0, 0.1) is 0 Å². The van der Waals surface area contributed by atoms with Crippen LogP contribution in [-0.4, -0.2) is 26.9 Å². The lowest BCUT2D eigenvalue weighted by Crippen LogP contribution is -2.00. The van der Waals surface area contributed by atoms with E-state index in [1.165, 1.54) is 0 Å². The molecule has 0 fully saturated rings. The summed E-state index contributed by atoms with van der Waals surface area (Å²) in [5.41, 5.74) is 0.907. The Morgan fingerprint density at radius 2 is 2.06 bits per heavy atom. The molecule has 1 aromatic carbocycles. The quantitative estimate of drug-likeness (QED) is 0.664. The van der Waals surface area contributed by atoms with Crippen molar-refractivity contribution in [3.8, 4) is 11.7 Å². The van der Waals surface area contributed by atoms with Crippen LogP contribution in [0.1, 0.15) is 0 Å². The highest BCUT2D eigenvalue weighted by atomic mass is 35.5. The largest absolute Gasteiger partial charge is 0.479 e. The van der Waals surface area contributed by atoms with Gasteiger partial charge in [-0.05, 0) is 23.7 Å². The first-order chi connectivity index (χ1) is 8.79. The zero-order chi connectivity index (χ0) is 12.5. The Morgan fingerprint density at radius 3 is 2.83 bits per heavy atom. The molecule has 6 heteroatoms. The summed E-state index contributed by atoms with van der Waals surface area (Å²) in [4.78, 5) is 7.99. The summed E-state index contributed by atoms with van der Waals surface area (Å²) >= 11 is 5.79. The van der Waals surface area contributed by atoms with Crippen molar-refractivity contribution in [2.45, 2.75) is 0 Å². The van der Waals surface area contributed by atoms with E-state index < -0.39 is 0 Å². The van der Waals surface area contributed by atoms with Crippen molar-refractivity contribution < 1.29 is 4.74 Å². The first-order valence-electron chi connectivity index (χ1n) is 5.30. The van der Waals surface area contributed by atoms with Crippen molar-refractivity contribution in [1.29, 1.82) is 0 Å². The van der Waals surface area contributed by atoms with Gasteiger partial charge in [-0.1, -0.05) is 12.1 Å². The predicted octanol–water partition coefficient (Wildman–Crippen LogP) is 2.48. The highest BCUT2D eigenvalue weighted by Gasteiger charge is 2.12. The van der Waals surface area contributed by atoms with Gasteiger partial charge >= 0.3 is 0 Å². The van der Waals surface area contributed by atoms with Crippen molar-refractivity contribution in [2.24, 2.45) is 0 Å². The van der Waals surface area contributed by atoms with Gasteiger partial charge in [0, 0.05) is 12.3 Å². The summed E-state index contributed by atoms with van der Waals surface area (Å²) in [6.07, 6.45) is 1.59. The van der Waals surface area contributed by atoms with Gasteiger partial charge in [0.15, 0.2) is 5.82 Å². The molecule has 0 saturated carbocycles. The molecule has 0 saturated heterocycles. The molecule has 5 nitrogen and oxygen atoms in total. The third-order valence-electron chi connectivity index (χ3n) is 2.58. The topological polar surface area (TPSA) is 52.8 Å². The number of rotatable bonds is 2. The molecule has 0 radical (unpaired) electrons. The average Bonchev–Trinajstić information content (AvgIpc) is 2.77. The second-order valence-corrected chi connectivity index (χ2v) is 3.96. The summed E-state index contributed by atoms with van der Waals surface area (Å²) in [7, 11) is 1.59. The van der Waals surface area contributed by atoms with Crippen LogP contribution in [0.2, 0.25) is 5.28 Å². The van der Waals surface area contributed by atoms with Gasteiger partial charge in [0.2, 0.25) is 11.2 Å². The van der Waals surface area contributed by atoms with Gasteiger partial charge in [-0.3, -0.25) is 0 Å². The summed E-state index contributed by atoms with van der Waals surface area (Å²) in [6, 6.07) is 9.50. The fraction of sp³-hybridized carbons (Fsp3) is 0.0833. The molecule has 0 aliphatic carbocycles. The summed E-state index contributed by atoms with van der Waals surface area (Å²) in [5.74, 6) is 1.16. The van der Waals surface area contributed by atoms with Gasteiger partial charge in [0.05, 0.1) is 18.0 Å². The van der Waals surface area contributed by atoms with Crippen LogP contribution in [0.3, 0.4) is 0 Å². The predicted molar refractivity (Wildman–Crippen MR) is 68.2 cm³/mol. The summed E-state index contributed by atoms with van der Waals surface area (Å²) in [6.45, 7) is 0. The number of ether oxygens (including phenoxy) is 1. The SMILES string of the molecule is COc1nn(-c2ccnc(Cl)n2)c2ccccc12. The number of nitrogens with zero attached hydrogens (tertiary/aromatic N) is 4. The molecule has 0 N–H and O–H groups in total. The number of hydrogen-bond donors (Lipinski definition) is 0. The second-order valence-electron chi connectivity index (χ2n) is 3.62. The Hall–Kier alpha value is -2.14.